The molecule has 0 atom stereocenters. The summed E-state index contributed by atoms with van der Waals surface area (Å²) in [6, 6.07) is 3.11. The average molecular weight is 280 g/mol. The van der Waals surface area contributed by atoms with Gasteiger partial charge in [0, 0.05) is 31.4 Å². The number of pyridine rings is 1. The van der Waals surface area contributed by atoms with Crippen LogP contribution in [0.5, 0.6) is 0 Å². The third kappa shape index (κ3) is 3.36. The van der Waals surface area contributed by atoms with Gasteiger partial charge >= 0.3 is 5.69 Å². The highest BCUT2D eigenvalue weighted by molar-refractivity contribution is 5.61. The Bertz CT molecular complexity index is 487. The number of nitrogens with zero attached hydrogens (tertiary/aromatic N) is 2. The van der Waals surface area contributed by atoms with E-state index >= 15 is 0 Å². The molecule has 20 heavy (non-hydrogen) atoms. The molecule has 0 bridgehead atoms. The summed E-state index contributed by atoms with van der Waals surface area (Å²) in [5.41, 5.74) is -0.222. The molecule has 2 heterocycles. The minimum absolute atomic E-state index is 0.000583. The van der Waals surface area contributed by atoms with Crippen molar-refractivity contribution in [3.05, 3.63) is 22.2 Å². The van der Waals surface area contributed by atoms with E-state index in [1.165, 1.54) is 6.07 Å². The Morgan fingerprint density at radius 3 is 2.75 bits per heavy atom. The van der Waals surface area contributed by atoms with Crippen LogP contribution in [-0.4, -0.2) is 35.2 Å². The fourth-order valence-electron chi connectivity index (χ4n) is 2.20. The highest BCUT2D eigenvalue weighted by Crippen LogP contribution is 2.30. The number of anilines is 2. The number of hydrogen-bond donors (Lipinski definition) is 2. The molecule has 0 unspecified atom stereocenters. The monoisotopic (exact) mass is 280 g/mol. The number of ether oxygens (including phenoxy) is 1. The molecule has 1 saturated heterocycles. The third-order valence-electron chi connectivity index (χ3n) is 3.45. The van der Waals surface area contributed by atoms with E-state index in [1.54, 1.807) is 6.07 Å². The van der Waals surface area contributed by atoms with Gasteiger partial charge in [-0.1, -0.05) is 0 Å². The van der Waals surface area contributed by atoms with Gasteiger partial charge in [-0.15, -0.1) is 0 Å². The Morgan fingerprint density at radius 1 is 1.45 bits per heavy atom. The molecule has 0 aromatic carbocycles. The van der Waals surface area contributed by atoms with Crippen molar-refractivity contribution in [2.24, 2.45) is 0 Å². The van der Waals surface area contributed by atoms with Gasteiger partial charge in [0.2, 0.25) is 5.82 Å². The lowest BCUT2D eigenvalue weighted by Gasteiger charge is -2.34. The zero-order valence-electron chi connectivity index (χ0n) is 11.8. The maximum absolute atomic E-state index is 11.1. The molecule has 1 aromatic heterocycles. The second kappa shape index (κ2) is 6.04. The van der Waals surface area contributed by atoms with Gasteiger partial charge in [0.05, 0.1) is 4.92 Å². The summed E-state index contributed by atoms with van der Waals surface area (Å²) < 4.78 is 5.34. The Labute approximate surface area is 117 Å². The largest absolute Gasteiger partial charge is 0.381 e. The molecule has 2 N–H and O–H groups in total. The van der Waals surface area contributed by atoms with Crippen LogP contribution in [0.15, 0.2) is 12.1 Å². The lowest BCUT2D eigenvalue weighted by molar-refractivity contribution is -0.384. The second-order valence-electron chi connectivity index (χ2n) is 5.15. The van der Waals surface area contributed by atoms with Crippen molar-refractivity contribution in [1.82, 2.24) is 4.98 Å². The Balaban J connectivity index is 2.27. The van der Waals surface area contributed by atoms with Crippen molar-refractivity contribution in [3.63, 3.8) is 0 Å². The first-order valence-corrected chi connectivity index (χ1v) is 6.79. The fraction of sp³-hybridized carbons (Fsp3) is 0.615. The summed E-state index contributed by atoms with van der Waals surface area (Å²) in [7, 11) is 0. The molecule has 1 aliphatic rings. The first-order chi connectivity index (χ1) is 9.54. The Morgan fingerprint density at radius 2 is 2.15 bits per heavy atom. The highest BCUT2D eigenvalue weighted by atomic mass is 16.6. The lowest BCUT2D eigenvalue weighted by atomic mass is 9.92. The van der Waals surface area contributed by atoms with Crippen molar-refractivity contribution in [2.75, 3.05) is 30.4 Å². The molecular formula is C13H20N4O3. The molecule has 7 nitrogen and oxygen atoms in total. The summed E-state index contributed by atoms with van der Waals surface area (Å²) in [5.74, 6) is 0.953. The van der Waals surface area contributed by atoms with Crippen molar-refractivity contribution in [3.8, 4) is 0 Å². The van der Waals surface area contributed by atoms with E-state index in [9.17, 15) is 10.1 Å². The van der Waals surface area contributed by atoms with Gasteiger partial charge in [-0.05, 0) is 32.8 Å². The number of aromatic nitrogens is 1. The van der Waals surface area contributed by atoms with Gasteiger partial charge in [0.15, 0.2) is 0 Å². The van der Waals surface area contributed by atoms with E-state index in [0.717, 1.165) is 19.4 Å². The Kier molecular flexibility index (Phi) is 4.39. The van der Waals surface area contributed by atoms with Crippen LogP contribution in [0.3, 0.4) is 0 Å². The zero-order valence-corrected chi connectivity index (χ0v) is 11.8. The van der Waals surface area contributed by atoms with E-state index in [-0.39, 0.29) is 11.2 Å². The van der Waals surface area contributed by atoms with Crippen LogP contribution >= 0.6 is 0 Å². The second-order valence-corrected chi connectivity index (χ2v) is 5.15. The van der Waals surface area contributed by atoms with E-state index in [2.05, 4.69) is 15.6 Å². The van der Waals surface area contributed by atoms with E-state index in [4.69, 9.17) is 4.74 Å². The van der Waals surface area contributed by atoms with Crippen molar-refractivity contribution >= 4 is 17.3 Å². The quantitative estimate of drug-likeness (QED) is 0.636. The smallest absolute Gasteiger partial charge is 0.311 e. The average Bonchev–Trinajstić information content (AvgIpc) is 2.39. The van der Waals surface area contributed by atoms with Crippen molar-refractivity contribution < 1.29 is 9.66 Å². The van der Waals surface area contributed by atoms with Crippen LogP contribution in [-0.2, 0) is 4.74 Å². The molecule has 0 amide bonds. The fourth-order valence-corrected chi connectivity index (χ4v) is 2.20. The number of rotatable bonds is 5. The summed E-state index contributed by atoms with van der Waals surface area (Å²) in [4.78, 5) is 15.0. The molecule has 0 aliphatic carbocycles. The number of hydrogen-bond acceptors (Lipinski definition) is 6. The first kappa shape index (κ1) is 14.5. The van der Waals surface area contributed by atoms with Crippen LogP contribution in [0.25, 0.3) is 0 Å². The zero-order chi connectivity index (χ0) is 14.6. The molecule has 1 aliphatic heterocycles. The third-order valence-corrected chi connectivity index (χ3v) is 3.45. The maximum Gasteiger partial charge on any atom is 0.311 e. The number of nitrogens with one attached hydrogen (secondary N) is 2. The molecule has 1 fully saturated rings. The maximum atomic E-state index is 11.1. The minimum atomic E-state index is -0.409. The highest BCUT2D eigenvalue weighted by Gasteiger charge is 2.30. The van der Waals surface area contributed by atoms with E-state index in [0.29, 0.717) is 24.8 Å². The van der Waals surface area contributed by atoms with Gasteiger partial charge in [-0.2, -0.15) is 0 Å². The topological polar surface area (TPSA) is 89.3 Å². The van der Waals surface area contributed by atoms with Crippen LogP contribution in [0, 0.1) is 10.1 Å². The van der Waals surface area contributed by atoms with E-state index < -0.39 is 4.92 Å². The standard InChI is InChI=1S/C13H20N4O3/c1-3-14-11-5-4-10(17(18)19)12(15-11)16-13(2)6-8-20-9-7-13/h4-5H,3,6-9H2,1-2H3,(H2,14,15,16). The molecule has 7 heteroatoms. The van der Waals surface area contributed by atoms with Gasteiger partial charge < -0.3 is 15.4 Å². The van der Waals surface area contributed by atoms with Gasteiger partial charge in [0.1, 0.15) is 5.82 Å². The normalized spacial score (nSPS) is 17.5. The first-order valence-electron chi connectivity index (χ1n) is 6.79. The lowest BCUT2D eigenvalue weighted by Crippen LogP contribution is -2.41. The SMILES string of the molecule is CCNc1ccc([N+](=O)[O-])c(NC2(C)CCOCC2)n1. The molecule has 2 rings (SSSR count). The van der Waals surface area contributed by atoms with Crippen LogP contribution in [0.4, 0.5) is 17.3 Å². The van der Waals surface area contributed by atoms with Crippen LogP contribution < -0.4 is 10.6 Å². The Hall–Kier alpha value is -1.89. The molecule has 0 spiro atoms. The predicted octanol–water partition coefficient (Wildman–Crippen LogP) is 2.40. The van der Waals surface area contributed by atoms with Crippen LogP contribution in [0.2, 0.25) is 0 Å². The minimum Gasteiger partial charge on any atom is -0.381 e. The summed E-state index contributed by atoms with van der Waals surface area (Å²) in [6.07, 6.45) is 1.61. The number of nitro groups is 1. The van der Waals surface area contributed by atoms with Crippen LogP contribution in [0.1, 0.15) is 26.7 Å². The summed E-state index contributed by atoms with van der Waals surface area (Å²) in [6.45, 7) is 6.03. The predicted molar refractivity (Wildman–Crippen MR) is 77.1 cm³/mol. The summed E-state index contributed by atoms with van der Waals surface area (Å²) in [5, 5.41) is 17.4. The van der Waals surface area contributed by atoms with Gasteiger partial charge in [-0.25, -0.2) is 4.98 Å². The molecular weight excluding hydrogens is 260 g/mol. The molecule has 0 radical (unpaired) electrons. The van der Waals surface area contributed by atoms with E-state index in [1.807, 2.05) is 13.8 Å². The van der Waals surface area contributed by atoms with Crippen molar-refractivity contribution in [1.29, 1.82) is 0 Å². The van der Waals surface area contributed by atoms with Gasteiger partial charge in [-0.3, -0.25) is 10.1 Å². The van der Waals surface area contributed by atoms with Crippen molar-refractivity contribution in [2.45, 2.75) is 32.2 Å². The molecule has 0 saturated carbocycles. The molecule has 110 valence electrons. The summed E-state index contributed by atoms with van der Waals surface area (Å²) >= 11 is 0. The molecule has 1 aromatic rings. The van der Waals surface area contributed by atoms with Gasteiger partial charge in [0.25, 0.3) is 0 Å².